The molecular weight excluding hydrogens is 207 g/mol. The fourth-order valence-electron chi connectivity index (χ4n) is 1.16. The summed E-state index contributed by atoms with van der Waals surface area (Å²) in [6.45, 7) is 2.22. The molecule has 0 aliphatic carbocycles. The van der Waals surface area contributed by atoms with Gasteiger partial charge in [0.25, 0.3) is 0 Å². The maximum Gasteiger partial charge on any atom is 0.141 e. The van der Waals surface area contributed by atoms with Gasteiger partial charge < -0.3 is 9.53 Å². The van der Waals surface area contributed by atoms with Crippen molar-refractivity contribution in [3.8, 4) is 5.75 Å². The molecule has 0 saturated carbocycles. The van der Waals surface area contributed by atoms with Crippen molar-refractivity contribution >= 4 is 17.9 Å². The molecule has 0 spiro atoms. The van der Waals surface area contributed by atoms with Crippen molar-refractivity contribution in [2.45, 2.75) is 13.3 Å². The number of ether oxygens (including phenoxy) is 1. The Morgan fingerprint density at radius 2 is 2.29 bits per heavy atom. The normalized spacial score (nSPS) is 9.93. The van der Waals surface area contributed by atoms with Crippen LogP contribution in [0, 0.1) is 5.82 Å². The predicted octanol–water partition coefficient (Wildman–Crippen LogP) is 2.62. The van der Waals surface area contributed by atoms with E-state index in [-0.39, 0.29) is 11.4 Å². The van der Waals surface area contributed by atoms with Crippen molar-refractivity contribution in [3.63, 3.8) is 0 Å². The van der Waals surface area contributed by atoms with Crippen LogP contribution in [0.3, 0.4) is 0 Å². The molecule has 0 atom stereocenters. The Morgan fingerprint density at radius 3 is 2.86 bits per heavy atom. The van der Waals surface area contributed by atoms with E-state index in [9.17, 15) is 9.18 Å². The van der Waals surface area contributed by atoms with Crippen LogP contribution < -0.4 is 4.74 Å². The maximum absolute atomic E-state index is 12.9. The van der Waals surface area contributed by atoms with Crippen molar-refractivity contribution < 1.29 is 13.9 Å². The van der Waals surface area contributed by atoms with E-state index in [1.54, 1.807) is 6.92 Å². The number of benzene rings is 1. The zero-order valence-corrected chi connectivity index (χ0v) is 8.47. The highest BCUT2D eigenvalue weighted by Crippen LogP contribution is 2.30. The fraction of sp³-hybridized carbons (Fsp3) is 0.300. The summed E-state index contributed by atoms with van der Waals surface area (Å²) in [5.41, 5.74) is 0.479. The molecule has 0 heterocycles. The summed E-state index contributed by atoms with van der Waals surface area (Å²) in [5.74, 6) is -0.0713. The van der Waals surface area contributed by atoms with E-state index in [4.69, 9.17) is 16.3 Å². The molecule has 4 heteroatoms. The maximum atomic E-state index is 12.9. The van der Waals surface area contributed by atoms with Crippen LogP contribution in [0.5, 0.6) is 5.75 Å². The average molecular weight is 217 g/mol. The zero-order chi connectivity index (χ0) is 10.6. The smallest absolute Gasteiger partial charge is 0.141 e. The van der Waals surface area contributed by atoms with Crippen molar-refractivity contribution in [2.24, 2.45) is 0 Å². The Kier molecular flexibility index (Phi) is 3.89. The van der Waals surface area contributed by atoms with Crippen molar-refractivity contribution in [2.75, 3.05) is 6.61 Å². The summed E-state index contributed by atoms with van der Waals surface area (Å²) in [7, 11) is 0. The molecule has 0 unspecified atom stereocenters. The molecule has 0 N–H and O–H groups in total. The lowest BCUT2D eigenvalue weighted by Crippen LogP contribution is -1.99. The first-order valence-electron chi connectivity index (χ1n) is 4.23. The number of halogens is 2. The van der Waals surface area contributed by atoms with Crippen LogP contribution in [0.1, 0.15) is 12.5 Å². The molecule has 1 rings (SSSR count). The van der Waals surface area contributed by atoms with Crippen LogP contribution in [-0.4, -0.2) is 12.9 Å². The molecule has 0 bridgehead atoms. The number of carbonyl (C=O) groups excluding carboxylic acids is 1. The minimum absolute atomic E-state index is 0.104. The van der Waals surface area contributed by atoms with E-state index in [2.05, 4.69) is 0 Å². The number of rotatable bonds is 4. The van der Waals surface area contributed by atoms with Gasteiger partial charge in [0, 0.05) is 12.0 Å². The first-order chi connectivity index (χ1) is 6.69. The predicted molar refractivity (Wildman–Crippen MR) is 52.3 cm³/mol. The molecule has 76 valence electrons. The third kappa shape index (κ3) is 2.45. The van der Waals surface area contributed by atoms with Crippen molar-refractivity contribution in [1.29, 1.82) is 0 Å². The molecule has 14 heavy (non-hydrogen) atoms. The Labute approximate surface area is 86.6 Å². The van der Waals surface area contributed by atoms with Gasteiger partial charge in [-0.25, -0.2) is 4.39 Å². The van der Waals surface area contributed by atoms with E-state index in [0.717, 1.165) is 0 Å². The third-order valence-corrected chi connectivity index (χ3v) is 1.96. The minimum atomic E-state index is -0.463. The van der Waals surface area contributed by atoms with Gasteiger partial charge in [0.1, 0.15) is 17.9 Å². The standard InChI is InChI=1S/C10H10ClFO2/c1-2-14-10-7(3-4-13)5-8(12)6-9(10)11/h4-6H,2-3H2,1H3. The number of hydrogen-bond acceptors (Lipinski definition) is 2. The molecule has 0 amide bonds. The quantitative estimate of drug-likeness (QED) is 0.724. The molecule has 2 nitrogen and oxygen atoms in total. The van der Waals surface area contributed by atoms with E-state index >= 15 is 0 Å². The van der Waals surface area contributed by atoms with E-state index in [1.807, 2.05) is 0 Å². The topological polar surface area (TPSA) is 26.3 Å². The molecule has 1 aromatic rings. The highest BCUT2D eigenvalue weighted by molar-refractivity contribution is 6.32. The van der Waals surface area contributed by atoms with E-state index in [0.29, 0.717) is 24.2 Å². The second kappa shape index (κ2) is 4.96. The van der Waals surface area contributed by atoms with Crippen LogP contribution >= 0.6 is 11.6 Å². The highest BCUT2D eigenvalue weighted by atomic mass is 35.5. The van der Waals surface area contributed by atoms with Crippen LogP contribution in [0.25, 0.3) is 0 Å². The summed E-state index contributed by atoms with van der Waals surface area (Å²) in [6.07, 6.45) is 0.792. The van der Waals surface area contributed by atoms with Gasteiger partial charge in [-0.2, -0.15) is 0 Å². The SMILES string of the molecule is CCOc1c(Cl)cc(F)cc1CC=O. The van der Waals surface area contributed by atoms with Gasteiger partial charge in [-0.15, -0.1) is 0 Å². The van der Waals surface area contributed by atoms with Gasteiger partial charge in [0.15, 0.2) is 0 Å². The van der Waals surface area contributed by atoms with Crippen molar-refractivity contribution in [3.05, 3.63) is 28.5 Å². The number of hydrogen-bond donors (Lipinski definition) is 0. The van der Waals surface area contributed by atoms with Crippen molar-refractivity contribution in [1.82, 2.24) is 0 Å². The number of aldehydes is 1. The van der Waals surface area contributed by atoms with Gasteiger partial charge in [-0.05, 0) is 19.1 Å². The summed E-state index contributed by atoms with van der Waals surface area (Å²) in [6, 6.07) is 2.42. The Bertz CT molecular complexity index is 339. The molecule has 0 saturated heterocycles. The molecule has 0 aromatic heterocycles. The Hall–Kier alpha value is -1.09. The molecule has 1 aromatic carbocycles. The Balaban J connectivity index is 3.13. The fourth-order valence-corrected chi connectivity index (χ4v) is 1.44. The van der Waals surface area contributed by atoms with Gasteiger partial charge in [-0.1, -0.05) is 11.6 Å². The second-order valence-electron chi connectivity index (χ2n) is 2.68. The van der Waals surface area contributed by atoms with E-state index in [1.165, 1.54) is 12.1 Å². The molecule has 0 aliphatic heterocycles. The van der Waals surface area contributed by atoms with Gasteiger partial charge in [0.05, 0.1) is 11.6 Å². The molecule has 0 fully saturated rings. The summed E-state index contributed by atoms with van der Waals surface area (Å²) < 4.78 is 18.1. The summed E-state index contributed by atoms with van der Waals surface area (Å²) >= 11 is 5.77. The van der Waals surface area contributed by atoms with Gasteiger partial charge in [0.2, 0.25) is 0 Å². The summed E-state index contributed by atoms with van der Waals surface area (Å²) in [4.78, 5) is 10.3. The highest BCUT2D eigenvalue weighted by Gasteiger charge is 2.10. The summed E-state index contributed by atoms with van der Waals surface area (Å²) in [5, 5.41) is 0.198. The van der Waals surface area contributed by atoms with Gasteiger partial charge in [-0.3, -0.25) is 0 Å². The lowest BCUT2D eigenvalue weighted by molar-refractivity contribution is -0.107. The minimum Gasteiger partial charge on any atom is -0.492 e. The van der Waals surface area contributed by atoms with Crippen LogP contribution in [0.15, 0.2) is 12.1 Å². The Morgan fingerprint density at radius 1 is 1.57 bits per heavy atom. The van der Waals surface area contributed by atoms with Crippen LogP contribution in [-0.2, 0) is 11.2 Å². The third-order valence-electron chi connectivity index (χ3n) is 1.68. The molecule has 0 aliphatic rings. The van der Waals surface area contributed by atoms with E-state index < -0.39 is 5.82 Å². The molecule has 0 radical (unpaired) electrons. The monoisotopic (exact) mass is 216 g/mol. The molecular formula is C10H10ClFO2. The first kappa shape index (κ1) is 11.0. The lowest BCUT2D eigenvalue weighted by atomic mass is 10.1. The second-order valence-corrected chi connectivity index (χ2v) is 3.09. The van der Waals surface area contributed by atoms with Crippen LogP contribution in [0.4, 0.5) is 4.39 Å². The van der Waals surface area contributed by atoms with Crippen LogP contribution in [0.2, 0.25) is 5.02 Å². The largest absolute Gasteiger partial charge is 0.492 e. The lowest BCUT2D eigenvalue weighted by Gasteiger charge is -2.10. The number of carbonyl (C=O) groups is 1. The van der Waals surface area contributed by atoms with Gasteiger partial charge >= 0.3 is 0 Å². The average Bonchev–Trinajstić information content (AvgIpc) is 2.11. The zero-order valence-electron chi connectivity index (χ0n) is 7.72. The first-order valence-corrected chi connectivity index (χ1v) is 4.61.